The molecule has 2 aromatic carbocycles. The second-order valence-corrected chi connectivity index (χ2v) is 4.41. The normalized spacial score (nSPS) is 10.7. The van der Waals surface area contributed by atoms with Gasteiger partial charge in [-0.2, -0.15) is 0 Å². The monoisotopic (exact) mass is 303 g/mol. The fraction of sp³-hybridized carbons (Fsp3) is 0. The third kappa shape index (κ3) is 2.37. The number of nitrogens with one attached hydrogen (secondary N) is 1. The molecule has 1 heterocycles. The lowest BCUT2D eigenvalue weighted by atomic mass is 10.1. The van der Waals surface area contributed by atoms with Crippen molar-refractivity contribution in [2.45, 2.75) is 0 Å². The molecule has 110 valence electrons. The number of carbonyl (C=O) groups is 1. The Kier molecular flexibility index (Phi) is 3.46. The van der Waals surface area contributed by atoms with Gasteiger partial charge in [-0.25, -0.2) is 13.2 Å². The van der Waals surface area contributed by atoms with Crippen molar-refractivity contribution in [3.63, 3.8) is 0 Å². The van der Waals surface area contributed by atoms with Gasteiger partial charge < -0.3 is 5.32 Å². The highest BCUT2D eigenvalue weighted by Gasteiger charge is 2.17. The van der Waals surface area contributed by atoms with Crippen molar-refractivity contribution in [1.82, 2.24) is 9.97 Å². The molecule has 0 atom stereocenters. The molecule has 22 heavy (non-hydrogen) atoms. The first kappa shape index (κ1) is 14.0. The number of anilines is 1. The number of nitrogens with zero attached hydrogens (tertiary/aromatic N) is 2. The molecule has 0 saturated heterocycles. The van der Waals surface area contributed by atoms with Crippen LogP contribution in [0.4, 0.5) is 18.9 Å². The summed E-state index contributed by atoms with van der Waals surface area (Å²) < 4.78 is 39.7. The Hall–Kier alpha value is -2.96. The van der Waals surface area contributed by atoms with E-state index in [0.717, 1.165) is 12.1 Å². The van der Waals surface area contributed by atoms with Crippen LogP contribution in [0, 0.1) is 17.5 Å². The van der Waals surface area contributed by atoms with Gasteiger partial charge in [-0.05, 0) is 24.3 Å². The van der Waals surface area contributed by atoms with E-state index < -0.39 is 29.0 Å². The molecule has 1 amide bonds. The fourth-order valence-electron chi connectivity index (χ4n) is 1.99. The number of para-hydroxylation sites is 1. The largest absolute Gasteiger partial charge is 0.319 e. The molecule has 0 fully saturated rings. The zero-order chi connectivity index (χ0) is 15.7. The summed E-state index contributed by atoms with van der Waals surface area (Å²) in [6.07, 6.45) is 2.89. The van der Waals surface area contributed by atoms with Gasteiger partial charge >= 0.3 is 0 Å². The average molecular weight is 303 g/mol. The number of hydrogen-bond acceptors (Lipinski definition) is 3. The van der Waals surface area contributed by atoms with E-state index in [-0.39, 0.29) is 5.56 Å². The molecule has 0 aliphatic heterocycles. The highest BCUT2D eigenvalue weighted by Crippen LogP contribution is 2.21. The van der Waals surface area contributed by atoms with Gasteiger partial charge in [0, 0.05) is 12.4 Å². The van der Waals surface area contributed by atoms with Crippen molar-refractivity contribution in [3.8, 4) is 0 Å². The number of halogens is 3. The fourth-order valence-corrected chi connectivity index (χ4v) is 1.99. The number of rotatable bonds is 2. The highest BCUT2D eigenvalue weighted by atomic mass is 19.2. The van der Waals surface area contributed by atoms with E-state index in [9.17, 15) is 18.0 Å². The van der Waals surface area contributed by atoms with Crippen LogP contribution in [-0.4, -0.2) is 15.9 Å². The number of amides is 1. The molecule has 0 bridgehead atoms. The summed E-state index contributed by atoms with van der Waals surface area (Å²) in [4.78, 5) is 20.3. The van der Waals surface area contributed by atoms with Gasteiger partial charge in [-0.1, -0.05) is 6.07 Å². The molecular weight excluding hydrogens is 295 g/mol. The van der Waals surface area contributed by atoms with Gasteiger partial charge in [-0.15, -0.1) is 0 Å². The number of benzene rings is 2. The molecule has 1 aromatic heterocycles. The minimum atomic E-state index is -1.64. The van der Waals surface area contributed by atoms with E-state index in [1.165, 1.54) is 18.5 Å². The summed E-state index contributed by atoms with van der Waals surface area (Å²) in [5.74, 6) is -5.13. The molecule has 3 rings (SSSR count). The van der Waals surface area contributed by atoms with Crippen molar-refractivity contribution < 1.29 is 18.0 Å². The van der Waals surface area contributed by atoms with E-state index in [2.05, 4.69) is 15.3 Å². The standard InChI is InChI=1S/C15H8F3N3O/c16-9-4-5-10(13(18)12(9)17)21-15(22)8-2-1-3-11-14(8)20-7-6-19-11/h1-7H,(H,21,22). The van der Waals surface area contributed by atoms with Gasteiger partial charge in [0.2, 0.25) is 0 Å². The predicted molar refractivity (Wildman–Crippen MR) is 73.8 cm³/mol. The van der Waals surface area contributed by atoms with E-state index in [1.807, 2.05) is 0 Å². The maximum absolute atomic E-state index is 13.6. The lowest BCUT2D eigenvalue weighted by Crippen LogP contribution is -2.14. The minimum Gasteiger partial charge on any atom is -0.319 e. The smallest absolute Gasteiger partial charge is 0.258 e. The Morgan fingerprint density at radius 2 is 1.73 bits per heavy atom. The summed E-state index contributed by atoms with van der Waals surface area (Å²) in [6.45, 7) is 0. The second kappa shape index (κ2) is 5.44. The zero-order valence-corrected chi connectivity index (χ0v) is 11.0. The molecule has 0 saturated carbocycles. The van der Waals surface area contributed by atoms with Gasteiger partial charge in [0.1, 0.15) is 5.52 Å². The third-order valence-corrected chi connectivity index (χ3v) is 3.03. The minimum absolute atomic E-state index is 0.148. The van der Waals surface area contributed by atoms with Crippen LogP contribution in [0.25, 0.3) is 11.0 Å². The van der Waals surface area contributed by atoms with Crippen LogP contribution in [0.2, 0.25) is 0 Å². The Morgan fingerprint density at radius 3 is 2.55 bits per heavy atom. The summed E-state index contributed by atoms with van der Waals surface area (Å²) in [5.41, 5.74) is 0.505. The van der Waals surface area contributed by atoms with Gasteiger partial charge in [0.15, 0.2) is 17.5 Å². The Balaban J connectivity index is 1.99. The Morgan fingerprint density at radius 1 is 0.955 bits per heavy atom. The van der Waals surface area contributed by atoms with Crippen molar-refractivity contribution in [2.24, 2.45) is 0 Å². The third-order valence-electron chi connectivity index (χ3n) is 3.03. The molecule has 0 spiro atoms. The first-order valence-electron chi connectivity index (χ1n) is 6.22. The van der Waals surface area contributed by atoms with Crippen LogP contribution in [0.5, 0.6) is 0 Å². The molecule has 1 N–H and O–H groups in total. The van der Waals surface area contributed by atoms with Gasteiger partial charge in [-0.3, -0.25) is 14.8 Å². The van der Waals surface area contributed by atoms with Gasteiger partial charge in [0.05, 0.1) is 16.8 Å². The van der Waals surface area contributed by atoms with Crippen LogP contribution in [0.1, 0.15) is 10.4 Å². The van der Waals surface area contributed by atoms with Crippen LogP contribution in [-0.2, 0) is 0 Å². The topological polar surface area (TPSA) is 54.9 Å². The lowest BCUT2D eigenvalue weighted by Gasteiger charge is -2.08. The van der Waals surface area contributed by atoms with E-state index in [1.54, 1.807) is 12.1 Å². The predicted octanol–water partition coefficient (Wildman–Crippen LogP) is 3.30. The summed E-state index contributed by atoms with van der Waals surface area (Å²) in [5, 5.41) is 2.20. The first-order chi connectivity index (χ1) is 10.6. The van der Waals surface area contributed by atoms with E-state index in [0.29, 0.717) is 11.0 Å². The van der Waals surface area contributed by atoms with Crippen molar-refractivity contribution in [3.05, 3.63) is 65.7 Å². The average Bonchev–Trinajstić information content (AvgIpc) is 2.55. The maximum Gasteiger partial charge on any atom is 0.258 e. The van der Waals surface area contributed by atoms with Crippen molar-refractivity contribution >= 4 is 22.6 Å². The second-order valence-electron chi connectivity index (χ2n) is 4.41. The molecule has 0 unspecified atom stereocenters. The van der Waals surface area contributed by atoms with Gasteiger partial charge in [0.25, 0.3) is 5.91 Å². The number of aromatic nitrogens is 2. The van der Waals surface area contributed by atoms with E-state index in [4.69, 9.17) is 0 Å². The number of carbonyl (C=O) groups excluding carboxylic acids is 1. The van der Waals surface area contributed by atoms with Crippen LogP contribution < -0.4 is 5.32 Å². The SMILES string of the molecule is O=C(Nc1ccc(F)c(F)c1F)c1cccc2nccnc12. The molecule has 7 heteroatoms. The number of fused-ring (bicyclic) bond motifs is 1. The Labute approximate surface area is 122 Å². The van der Waals surface area contributed by atoms with Crippen molar-refractivity contribution in [2.75, 3.05) is 5.32 Å². The lowest BCUT2D eigenvalue weighted by molar-refractivity contribution is 0.102. The molecular formula is C15H8F3N3O. The highest BCUT2D eigenvalue weighted by molar-refractivity contribution is 6.11. The summed E-state index contributed by atoms with van der Waals surface area (Å²) >= 11 is 0. The first-order valence-corrected chi connectivity index (χ1v) is 6.22. The maximum atomic E-state index is 13.6. The molecule has 0 aliphatic rings. The van der Waals surface area contributed by atoms with Crippen LogP contribution >= 0.6 is 0 Å². The molecule has 0 aliphatic carbocycles. The van der Waals surface area contributed by atoms with Crippen LogP contribution in [0.15, 0.2) is 42.7 Å². The summed E-state index contributed by atoms with van der Waals surface area (Å²) in [6, 6.07) is 6.41. The zero-order valence-electron chi connectivity index (χ0n) is 11.0. The summed E-state index contributed by atoms with van der Waals surface area (Å²) in [7, 11) is 0. The molecule has 0 radical (unpaired) electrons. The van der Waals surface area contributed by atoms with Crippen LogP contribution in [0.3, 0.4) is 0 Å². The molecule has 4 nitrogen and oxygen atoms in total. The van der Waals surface area contributed by atoms with E-state index >= 15 is 0 Å². The quantitative estimate of drug-likeness (QED) is 0.739. The van der Waals surface area contributed by atoms with Crippen molar-refractivity contribution in [1.29, 1.82) is 0 Å². The molecule has 3 aromatic rings. The number of hydrogen-bond donors (Lipinski definition) is 1. The Bertz CT molecular complexity index is 878.